The Labute approximate surface area is 402 Å². The number of hydrogen-bond acceptors (Lipinski definition) is 9. The van der Waals surface area contributed by atoms with Crippen molar-refractivity contribution >= 4 is 73.7 Å². The third-order valence-electron chi connectivity index (χ3n) is 12.7. The van der Waals surface area contributed by atoms with Crippen molar-refractivity contribution in [2.75, 3.05) is 71.4 Å². The van der Waals surface area contributed by atoms with Gasteiger partial charge in [0.05, 0.1) is 22.3 Å². The zero-order valence-corrected chi connectivity index (χ0v) is 40.5. The number of benzene rings is 5. The Balaban J connectivity index is 0.904. The maximum absolute atomic E-state index is 13.7. The Bertz CT molecular complexity index is 2760. The quantitative estimate of drug-likeness (QED) is 0.0696. The molecule has 2 saturated heterocycles. The van der Waals surface area contributed by atoms with Crippen LogP contribution in [0, 0.1) is 13.8 Å². The molecule has 2 fully saturated rings. The minimum Gasteiger partial charge on any atom is -0.478 e. The van der Waals surface area contributed by atoms with Gasteiger partial charge in [-0.25, -0.2) is 13.2 Å². The van der Waals surface area contributed by atoms with E-state index in [0.29, 0.717) is 53.2 Å². The third kappa shape index (κ3) is 11.2. The number of aliphatic hydroxyl groups is 1. The van der Waals surface area contributed by atoms with Gasteiger partial charge in [-0.3, -0.25) is 4.72 Å². The molecule has 4 N–H and O–H groups in total. The molecule has 1 aromatic heterocycles. The molecule has 0 radical (unpaired) electrons. The van der Waals surface area contributed by atoms with Gasteiger partial charge in [-0.15, -0.1) is 11.8 Å². The van der Waals surface area contributed by atoms with Gasteiger partial charge in [0.15, 0.2) is 0 Å². The lowest BCUT2D eigenvalue weighted by atomic mass is 9.96. The molecule has 346 valence electrons. The number of carbonyl (C=O) groups is 1. The maximum atomic E-state index is 13.7. The molecule has 0 aliphatic carbocycles. The van der Waals surface area contributed by atoms with Gasteiger partial charge in [0.2, 0.25) is 0 Å². The van der Waals surface area contributed by atoms with Gasteiger partial charge in [0, 0.05) is 114 Å². The number of piperidine rings is 1. The minimum atomic E-state index is -3.87. The number of aromatic carboxylic acids is 1. The number of nitrogens with zero attached hydrogens (tertiary/aromatic N) is 4. The van der Waals surface area contributed by atoms with Crippen LogP contribution >= 0.6 is 35.0 Å². The Morgan fingerprint density at radius 1 is 0.788 bits per heavy atom. The minimum absolute atomic E-state index is 0.153. The van der Waals surface area contributed by atoms with Crippen molar-refractivity contribution in [2.45, 2.75) is 55.0 Å². The lowest BCUT2D eigenvalue weighted by Gasteiger charge is -2.37. The largest absolute Gasteiger partial charge is 0.478 e. The summed E-state index contributed by atoms with van der Waals surface area (Å²) in [4.78, 5) is 21.0. The summed E-state index contributed by atoms with van der Waals surface area (Å²) in [7, 11) is -2.00. The molecule has 0 bridgehead atoms. The summed E-state index contributed by atoms with van der Waals surface area (Å²) in [6.45, 7) is 9.27. The highest BCUT2D eigenvalue weighted by Gasteiger charge is 2.28. The fourth-order valence-electron chi connectivity index (χ4n) is 8.95. The smallest absolute Gasteiger partial charge is 0.338 e. The molecule has 0 spiro atoms. The monoisotopic (exact) mass is 966 g/mol. The molecule has 5 aromatic carbocycles. The SMILES string of the molecule is Cc1cc(S(=O)(=O)Nc2ccc(N3CCN(c4cc(Cl)cc(-c5c(C(=O)O)c(C)n(C)c5-c5ccc(Cl)cc5)c4)CC3)cc2)ccc1N[C@H](CCN1CCC(O)CC1)CSc1ccccc1. The van der Waals surface area contributed by atoms with E-state index in [-0.39, 0.29) is 22.6 Å². The topological polar surface area (TPSA) is 130 Å². The van der Waals surface area contributed by atoms with Gasteiger partial charge in [-0.1, -0.05) is 53.5 Å². The second-order valence-corrected chi connectivity index (χ2v) is 20.8. The van der Waals surface area contributed by atoms with Crippen molar-refractivity contribution < 1.29 is 23.4 Å². The fraction of sp³-hybridized carbons (Fsp3) is 0.314. The van der Waals surface area contributed by atoms with Crippen molar-refractivity contribution in [3.8, 4) is 22.4 Å². The van der Waals surface area contributed by atoms with Crippen LogP contribution in [-0.2, 0) is 17.1 Å². The number of halogens is 2. The first-order valence-corrected chi connectivity index (χ1v) is 25.5. The molecular weight excluding hydrogens is 912 g/mol. The number of carboxylic acid groups (broad SMARTS) is 1. The first-order valence-electron chi connectivity index (χ1n) is 22.3. The number of piperazine rings is 1. The van der Waals surface area contributed by atoms with Crippen molar-refractivity contribution in [1.29, 1.82) is 0 Å². The van der Waals surface area contributed by atoms with Crippen molar-refractivity contribution in [2.24, 2.45) is 7.05 Å². The van der Waals surface area contributed by atoms with Crippen LogP contribution in [-0.4, -0.2) is 97.8 Å². The van der Waals surface area contributed by atoms with Crippen LogP contribution in [0.3, 0.4) is 0 Å². The summed E-state index contributed by atoms with van der Waals surface area (Å²) >= 11 is 14.8. The Morgan fingerprint density at radius 2 is 1.45 bits per heavy atom. The van der Waals surface area contributed by atoms with Crippen LogP contribution in [0.25, 0.3) is 22.4 Å². The molecule has 1 atom stereocenters. The Kier molecular flexibility index (Phi) is 14.9. The number of aliphatic hydroxyl groups excluding tert-OH is 1. The second-order valence-electron chi connectivity index (χ2n) is 17.2. The second kappa shape index (κ2) is 20.8. The van der Waals surface area contributed by atoms with Crippen LogP contribution in [0.15, 0.2) is 125 Å². The molecule has 0 amide bonds. The van der Waals surface area contributed by atoms with Gasteiger partial charge < -0.3 is 34.8 Å². The standard InChI is InChI=1S/C51H56Cl2N6O5S2/c1-34-29-46(17-18-47(34)54-41(33-65-45-7-5-4-6-8-45)19-22-57-23-20-44(60)21-24-57)66(63,64)55-40-13-15-42(16-14-40)58-25-27-59(28-26-58)43-31-37(30-39(53)32-43)49-48(51(61)62)35(2)56(3)50(49)36-9-11-38(52)12-10-36/h4-18,29-32,41,44,54-55,60H,19-28,33H2,1-3H3,(H,61,62)/t41-/m1/s1. The lowest BCUT2D eigenvalue weighted by molar-refractivity contribution is 0.0696. The number of anilines is 4. The average molecular weight is 968 g/mol. The van der Waals surface area contributed by atoms with Gasteiger partial charge in [0.1, 0.15) is 0 Å². The van der Waals surface area contributed by atoms with Crippen LogP contribution < -0.4 is 19.8 Å². The summed E-state index contributed by atoms with van der Waals surface area (Å²) in [6.07, 6.45) is 2.33. The van der Waals surface area contributed by atoms with Crippen LogP contribution in [0.4, 0.5) is 22.7 Å². The van der Waals surface area contributed by atoms with Crippen molar-refractivity contribution in [3.05, 3.63) is 142 Å². The number of carboxylic acids is 1. The average Bonchev–Trinajstić information content (AvgIpc) is 3.58. The highest BCUT2D eigenvalue weighted by molar-refractivity contribution is 7.99. The molecule has 0 unspecified atom stereocenters. The van der Waals surface area contributed by atoms with Gasteiger partial charge in [-0.05, 0) is 135 Å². The molecule has 15 heteroatoms. The molecule has 8 rings (SSSR count). The normalized spacial score (nSPS) is 15.5. The number of hydrogen-bond donors (Lipinski definition) is 4. The number of nitrogens with one attached hydrogen (secondary N) is 2. The summed E-state index contributed by atoms with van der Waals surface area (Å²) in [5.74, 6) is -0.153. The van der Waals surface area contributed by atoms with E-state index in [9.17, 15) is 23.4 Å². The van der Waals surface area contributed by atoms with E-state index in [4.69, 9.17) is 23.2 Å². The number of aromatic nitrogens is 1. The summed E-state index contributed by atoms with van der Waals surface area (Å²) in [5, 5.41) is 25.2. The molecule has 11 nitrogen and oxygen atoms in total. The zero-order chi connectivity index (χ0) is 46.5. The van der Waals surface area contributed by atoms with E-state index in [1.165, 1.54) is 4.90 Å². The predicted molar refractivity (Wildman–Crippen MR) is 272 cm³/mol. The number of rotatable bonds is 16. The highest BCUT2D eigenvalue weighted by atomic mass is 35.5. The van der Waals surface area contributed by atoms with E-state index in [1.54, 1.807) is 48.2 Å². The number of aryl methyl sites for hydroxylation is 1. The summed E-state index contributed by atoms with van der Waals surface area (Å²) < 4.78 is 32.1. The molecule has 2 aliphatic heterocycles. The first-order chi connectivity index (χ1) is 31.7. The number of sulfonamides is 1. The van der Waals surface area contributed by atoms with Crippen LogP contribution in [0.2, 0.25) is 10.0 Å². The lowest BCUT2D eigenvalue weighted by Crippen LogP contribution is -2.46. The Morgan fingerprint density at radius 3 is 2.11 bits per heavy atom. The van der Waals surface area contributed by atoms with E-state index in [2.05, 4.69) is 36.9 Å². The van der Waals surface area contributed by atoms with E-state index < -0.39 is 16.0 Å². The third-order valence-corrected chi connectivity index (χ3v) is 15.8. The predicted octanol–water partition coefficient (Wildman–Crippen LogP) is 10.5. The highest BCUT2D eigenvalue weighted by Crippen LogP contribution is 2.42. The zero-order valence-electron chi connectivity index (χ0n) is 37.4. The van der Waals surface area contributed by atoms with E-state index in [0.717, 1.165) is 84.1 Å². The number of thioether (sulfide) groups is 1. The Hall–Kier alpha value is -5.15. The van der Waals surface area contributed by atoms with Crippen molar-refractivity contribution in [1.82, 2.24) is 9.47 Å². The number of likely N-dealkylation sites (tertiary alicyclic amines) is 1. The fourth-order valence-corrected chi connectivity index (χ4v) is 11.4. The van der Waals surface area contributed by atoms with Crippen molar-refractivity contribution in [3.63, 3.8) is 0 Å². The van der Waals surface area contributed by atoms with Crippen LogP contribution in [0.5, 0.6) is 0 Å². The van der Waals surface area contributed by atoms with Crippen LogP contribution in [0.1, 0.15) is 40.9 Å². The maximum Gasteiger partial charge on any atom is 0.338 e. The molecule has 6 aromatic rings. The van der Waals surface area contributed by atoms with E-state index >= 15 is 0 Å². The molecule has 0 saturated carbocycles. The molecule has 2 aliphatic rings. The van der Waals surface area contributed by atoms with Gasteiger partial charge >= 0.3 is 5.97 Å². The molecular formula is C51H56Cl2N6O5S2. The molecule has 66 heavy (non-hydrogen) atoms. The molecule has 3 heterocycles. The van der Waals surface area contributed by atoms with Gasteiger partial charge in [-0.2, -0.15) is 0 Å². The van der Waals surface area contributed by atoms with Gasteiger partial charge in [0.25, 0.3) is 10.0 Å². The summed E-state index contributed by atoms with van der Waals surface area (Å²) in [5.41, 5.74) is 7.91. The first kappa shape index (κ1) is 47.3. The summed E-state index contributed by atoms with van der Waals surface area (Å²) in [6, 6.07) is 36.3. The van der Waals surface area contributed by atoms with E-state index in [1.807, 2.05) is 92.2 Å².